The van der Waals surface area contributed by atoms with E-state index < -0.39 is 17.4 Å². The first-order valence-electron chi connectivity index (χ1n) is 17.1. The number of nitrogens with zero attached hydrogens (tertiary/aromatic N) is 4. The van der Waals surface area contributed by atoms with Crippen molar-refractivity contribution in [3.05, 3.63) is 18.0 Å². The molecule has 1 aromatic rings. The Bertz CT molecular complexity index is 1290. The van der Waals surface area contributed by atoms with Gasteiger partial charge in [0.05, 0.1) is 31.8 Å². The number of hydrogen-bond acceptors (Lipinski definition) is 7. The van der Waals surface area contributed by atoms with Crippen molar-refractivity contribution < 1.29 is 19.4 Å². The molecule has 11 atom stereocenters. The summed E-state index contributed by atoms with van der Waals surface area (Å²) in [5.74, 6) is 0.315. The van der Waals surface area contributed by atoms with Gasteiger partial charge in [-0.15, -0.1) is 10.2 Å². The first kappa shape index (κ1) is 32.1. The van der Waals surface area contributed by atoms with Gasteiger partial charge in [-0.25, -0.2) is 0 Å². The summed E-state index contributed by atoms with van der Waals surface area (Å²) in [7, 11) is 0. The van der Waals surface area contributed by atoms with E-state index in [-0.39, 0.29) is 45.1 Å². The fourth-order valence-electron chi connectivity index (χ4n) is 11.7. The molecular weight excluding hydrogens is 554 g/mol. The lowest BCUT2D eigenvalue weighted by molar-refractivity contribution is -0.255. The van der Waals surface area contributed by atoms with Crippen LogP contribution in [0, 0.1) is 56.7 Å². The molecule has 9 nitrogen and oxygen atoms in total. The minimum Gasteiger partial charge on any atom is -0.481 e. The average Bonchev–Trinajstić information content (AvgIpc) is 3.46. The molecule has 44 heavy (non-hydrogen) atoms. The zero-order chi connectivity index (χ0) is 32.1. The van der Waals surface area contributed by atoms with E-state index in [1.54, 1.807) is 4.80 Å². The van der Waals surface area contributed by atoms with Crippen molar-refractivity contribution in [1.82, 2.24) is 20.2 Å². The Morgan fingerprint density at radius 3 is 2.50 bits per heavy atom. The zero-order valence-electron chi connectivity index (χ0n) is 28.6. The summed E-state index contributed by atoms with van der Waals surface area (Å²) in [5.41, 5.74) is 6.23. The van der Waals surface area contributed by atoms with E-state index in [9.17, 15) is 9.90 Å². The monoisotopic (exact) mass is 611 g/mol. The van der Waals surface area contributed by atoms with Gasteiger partial charge in [0.1, 0.15) is 6.04 Å². The van der Waals surface area contributed by atoms with Gasteiger partial charge in [0.25, 0.3) is 0 Å². The standard InChI is InChI=1S/C35H57N5O4/c1-21(2)22(3)32(7)14-15-33(8)23-10-11-26-31(6)16-25(40-38-20-37-39-40)28(44-17-30(4,5)36)35(26,19-43-18-31)24(23)12-13-34(33,9)27(32)29(41)42/h12,20-23,25-28H,10-11,13-19,36H2,1-9H3,(H,41,42)/t22-,23+,25-,26-,27-,28+,31-,32-,33-,34+,35+/m1/s1. The van der Waals surface area contributed by atoms with Crippen LogP contribution in [0.4, 0.5) is 0 Å². The number of aromatic nitrogens is 4. The van der Waals surface area contributed by atoms with Crippen molar-refractivity contribution in [2.24, 2.45) is 62.4 Å². The summed E-state index contributed by atoms with van der Waals surface area (Å²) in [4.78, 5) is 15.2. The Labute approximate surface area is 264 Å². The van der Waals surface area contributed by atoms with Gasteiger partial charge in [-0.1, -0.05) is 60.1 Å². The maximum atomic E-state index is 13.4. The lowest BCUT2D eigenvalue weighted by Crippen LogP contribution is -2.70. The van der Waals surface area contributed by atoms with E-state index in [2.05, 4.69) is 70.0 Å². The maximum Gasteiger partial charge on any atom is 0.307 e. The molecule has 0 unspecified atom stereocenters. The zero-order valence-corrected chi connectivity index (χ0v) is 28.6. The molecule has 1 aromatic heterocycles. The Kier molecular flexibility index (Phi) is 7.54. The van der Waals surface area contributed by atoms with Gasteiger partial charge in [0.2, 0.25) is 0 Å². The molecule has 0 radical (unpaired) electrons. The predicted octanol–water partition coefficient (Wildman–Crippen LogP) is 5.93. The van der Waals surface area contributed by atoms with Crippen LogP contribution in [0.5, 0.6) is 0 Å². The van der Waals surface area contributed by atoms with Gasteiger partial charge in [-0.2, -0.15) is 4.80 Å². The summed E-state index contributed by atoms with van der Waals surface area (Å²) in [6.45, 7) is 21.9. The number of tetrazole rings is 1. The van der Waals surface area contributed by atoms with Crippen molar-refractivity contribution in [2.75, 3.05) is 19.8 Å². The SMILES string of the molecule is CC(C)[C@@H](C)[C@@]1(C)CC[C@]2(C)[C@H]3CC[C@@H]4[C@@]5(C)COC[C@@]4(C3=CC[C@@]2(C)[C@@H]1C(=O)O)[C@@H](OCC(C)(C)N)[C@H](n1ncnn1)C5. The Balaban J connectivity index is 1.51. The van der Waals surface area contributed by atoms with E-state index in [0.29, 0.717) is 37.6 Å². The van der Waals surface area contributed by atoms with Gasteiger partial charge in [0, 0.05) is 11.0 Å². The molecule has 0 aromatic carbocycles. The van der Waals surface area contributed by atoms with Crippen LogP contribution in [-0.4, -0.2) is 62.7 Å². The Morgan fingerprint density at radius 1 is 1.16 bits per heavy atom. The number of rotatable bonds is 7. The van der Waals surface area contributed by atoms with Crippen molar-refractivity contribution in [3.63, 3.8) is 0 Å². The van der Waals surface area contributed by atoms with Crippen LogP contribution in [0.3, 0.4) is 0 Å². The van der Waals surface area contributed by atoms with Gasteiger partial charge < -0.3 is 20.3 Å². The van der Waals surface area contributed by atoms with E-state index in [0.717, 1.165) is 38.5 Å². The fourth-order valence-corrected chi connectivity index (χ4v) is 11.7. The highest BCUT2D eigenvalue weighted by Gasteiger charge is 2.72. The average molecular weight is 612 g/mol. The van der Waals surface area contributed by atoms with Gasteiger partial charge in [0.15, 0.2) is 6.33 Å². The molecule has 3 N–H and O–H groups in total. The summed E-state index contributed by atoms with van der Waals surface area (Å²) >= 11 is 0. The molecule has 2 bridgehead atoms. The van der Waals surface area contributed by atoms with Crippen LogP contribution in [-0.2, 0) is 14.3 Å². The smallest absolute Gasteiger partial charge is 0.307 e. The normalized spacial score (nSPS) is 46.0. The predicted molar refractivity (Wildman–Crippen MR) is 168 cm³/mol. The van der Waals surface area contributed by atoms with Crippen LogP contribution in [0.1, 0.15) is 107 Å². The second-order valence-corrected chi connectivity index (χ2v) is 17.6. The molecule has 2 heterocycles. The van der Waals surface area contributed by atoms with Crippen molar-refractivity contribution in [1.29, 1.82) is 0 Å². The number of ether oxygens (including phenoxy) is 2. The van der Waals surface area contributed by atoms with E-state index >= 15 is 0 Å². The largest absolute Gasteiger partial charge is 0.481 e. The number of nitrogens with two attached hydrogens (primary N) is 1. The summed E-state index contributed by atoms with van der Waals surface area (Å²) in [6, 6.07) is -0.0981. The molecule has 0 spiro atoms. The molecule has 1 aliphatic heterocycles. The third kappa shape index (κ3) is 4.34. The van der Waals surface area contributed by atoms with Crippen LogP contribution in [0.2, 0.25) is 0 Å². The first-order valence-corrected chi connectivity index (χ1v) is 17.1. The second kappa shape index (κ2) is 10.3. The summed E-state index contributed by atoms with van der Waals surface area (Å²) < 4.78 is 13.6. The lowest BCUT2D eigenvalue weighted by Gasteiger charge is -2.71. The minimum atomic E-state index is -0.632. The quantitative estimate of drug-likeness (QED) is 0.364. The van der Waals surface area contributed by atoms with Crippen LogP contribution in [0.25, 0.3) is 0 Å². The first-order chi connectivity index (χ1) is 20.4. The summed E-state index contributed by atoms with van der Waals surface area (Å²) in [6.07, 6.45) is 9.46. The van der Waals surface area contributed by atoms with Crippen LogP contribution in [0.15, 0.2) is 18.0 Å². The fraction of sp³-hybridized carbons (Fsp3) is 0.886. The molecule has 5 aliphatic rings. The van der Waals surface area contributed by atoms with E-state index in [1.165, 1.54) is 11.9 Å². The molecular formula is C35H57N5O4. The van der Waals surface area contributed by atoms with Gasteiger partial charge in [-0.3, -0.25) is 4.79 Å². The van der Waals surface area contributed by atoms with Crippen LogP contribution >= 0.6 is 0 Å². The number of allylic oxidation sites excluding steroid dienone is 1. The Morgan fingerprint density at radius 2 is 1.89 bits per heavy atom. The number of hydrogen-bond donors (Lipinski definition) is 2. The topological polar surface area (TPSA) is 125 Å². The molecule has 6 rings (SSSR count). The molecule has 3 saturated carbocycles. The van der Waals surface area contributed by atoms with Gasteiger partial charge >= 0.3 is 5.97 Å². The van der Waals surface area contributed by atoms with Crippen molar-refractivity contribution >= 4 is 5.97 Å². The highest BCUT2D eigenvalue weighted by atomic mass is 16.5. The van der Waals surface area contributed by atoms with Crippen molar-refractivity contribution in [2.45, 2.75) is 119 Å². The third-order valence-electron chi connectivity index (χ3n) is 14.3. The number of carboxylic acids is 1. The Hall–Kier alpha value is -1.84. The number of carboxylic acid groups (broad SMARTS) is 1. The van der Waals surface area contributed by atoms with Crippen molar-refractivity contribution in [3.8, 4) is 0 Å². The highest BCUT2D eigenvalue weighted by Crippen LogP contribution is 2.75. The lowest BCUT2D eigenvalue weighted by atomic mass is 9.34. The maximum absolute atomic E-state index is 13.4. The number of fused-ring (bicyclic) bond motifs is 3. The molecule has 0 amide bonds. The number of carbonyl (C=O) groups is 1. The summed E-state index contributed by atoms with van der Waals surface area (Å²) in [5, 5.41) is 24.1. The molecule has 1 saturated heterocycles. The highest BCUT2D eigenvalue weighted by molar-refractivity contribution is 5.73. The molecule has 246 valence electrons. The second-order valence-electron chi connectivity index (χ2n) is 17.6. The molecule has 4 aliphatic carbocycles. The molecule has 9 heteroatoms. The third-order valence-corrected chi connectivity index (χ3v) is 14.3. The van der Waals surface area contributed by atoms with E-state index in [1.807, 2.05) is 13.8 Å². The van der Waals surface area contributed by atoms with E-state index in [4.69, 9.17) is 15.2 Å². The number of aliphatic carboxylic acids is 1. The van der Waals surface area contributed by atoms with Crippen LogP contribution < -0.4 is 5.73 Å². The molecule has 4 fully saturated rings. The van der Waals surface area contributed by atoms with Gasteiger partial charge in [-0.05, 0) is 103 Å². The minimum absolute atomic E-state index is 0.0659.